The molecule has 1 saturated heterocycles. The van der Waals surface area contributed by atoms with E-state index in [2.05, 4.69) is 38.1 Å². The summed E-state index contributed by atoms with van der Waals surface area (Å²) in [5.74, 6) is 1.84. The summed E-state index contributed by atoms with van der Waals surface area (Å²) in [4.78, 5) is 13.0. The fourth-order valence-corrected chi connectivity index (χ4v) is 2.10. The van der Waals surface area contributed by atoms with Gasteiger partial charge in [0.2, 0.25) is 0 Å². The zero-order valence-electron chi connectivity index (χ0n) is 11.3. The molecule has 0 aliphatic carbocycles. The minimum atomic E-state index is 0.515. The molecule has 2 rings (SSSR count). The monoisotopic (exact) mass is 260 g/mol. The van der Waals surface area contributed by atoms with Crippen LogP contribution in [-0.2, 0) is 0 Å². The molecular weight excluding hydrogens is 240 g/mol. The molecule has 0 radical (unpaired) electrons. The van der Waals surface area contributed by atoms with Crippen LogP contribution in [-0.4, -0.2) is 54.1 Å². The minimum Gasteiger partial charge on any atom is -0.370 e. The van der Waals surface area contributed by atoms with Crippen molar-refractivity contribution in [2.45, 2.75) is 13.3 Å². The fourth-order valence-electron chi connectivity index (χ4n) is 2.10. The maximum Gasteiger partial charge on any atom is 0.134 e. The van der Waals surface area contributed by atoms with Crippen molar-refractivity contribution in [3.05, 3.63) is 12.4 Å². The summed E-state index contributed by atoms with van der Waals surface area (Å²) in [5.41, 5.74) is 0. The van der Waals surface area contributed by atoms with E-state index in [-0.39, 0.29) is 0 Å². The standard InChI is InChI=1S/C13H20N6/c1-2-4-15-12-10-13(17-11-16-12)19-8-6-18(5-3-14)7-9-19/h10-11H,2,4-9H2,1H3,(H,15,16,17). The van der Waals surface area contributed by atoms with Crippen molar-refractivity contribution in [1.82, 2.24) is 14.9 Å². The highest BCUT2D eigenvalue weighted by Crippen LogP contribution is 2.16. The number of nitriles is 1. The smallest absolute Gasteiger partial charge is 0.134 e. The zero-order valence-corrected chi connectivity index (χ0v) is 11.3. The molecule has 0 bridgehead atoms. The maximum absolute atomic E-state index is 8.69. The van der Waals surface area contributed by atoms with Gasteiger partial charge in [0.25, 0.3) is 0 Å². The van der Waals surface area contributed by atoms with E-state index < -0.39 is 0 Å². The van der Waals surface area contributed by atoms with Crippen LogP contribution in [0.2, 0.25) is 0 Å². The lowest BCUT2D eigenvalue weighted by atomic mass is 10.3. The molecule has 1 fully saturated rings. The van der Waals surface area contributed by atoms with Gasteiger partial charge in [0.15, 0.2) is 0 Å². The molecule has 1 aromatic rings. The third-order valence-electron chi connectivity index (χ3n) is 3.20. The SMILES string of the molecule is CCCNc1cc(N2CCN(CC#N)CC2)ncn1. The predicted octanol–water partition coefficient (Wildman–Crippen LogP) is 0.944. The summed E-state index contributed by atoms with van der Waals surface area (Å²) in [7, 11) is 0. The molecule has 0 unspecified atom stereocenters. The lowest BCUT2D eigenvalue weighted by Crippen LogP contribution is -2.46. The summed E-state index contributed by atoms with van der Waals surface area (Å²) in [6.07, 6.45) is 2.68. The molecule has 1 N–H and O–H groups in total. The largest absolute Gasteiger partial charge is 0.370 e. The molecule has 102 valence electrons. The van der Waals surface area contributed by atoms with Gasteiger partial charge in [-0.25, -0.2) is 9.97 Å². The van der Waals surface area contributed by atoms with Crippen molar-refractivity contribution in [3.63, 3.8) is 0 Å². The molecule has 0 amide bonds. The Morgan fingerprint density at radius 3 is 2.79 bits per heavy atom. The summed E-state index contributed by atoms with van der Waals surface area (Å²) >= 11 is 0. The zero-order chi connectivity index (χ0) is 13.5. The second-order valence-corrected chi connectivity index (χ2v) is 4.61. The average molecular weight is 260 g/mol. The molecule has 1 aliphatic heterocycles. The van der Waals surface area contributed by atoms with Crippen LogP contribution >= 0.6 is 0 Å². The first-order chi connectivity index (χ1) is 9.33. The number of hydrogen-bond acceptors (Lipinski definition) is 6. The first-order valence-electron chi connectivity index (χ1n) is 6.73. The van der Waals surface area contributed by atoms with Gasteiger partial charge in [0.05, 0.1) is 12.6 Å². The topological polar surface area (TPSA) is 68.1 Å². The first kappa shape index (κ1) is 13.6. The molecule has 6 nitrogen and oxygen atoms in total. The van der Waals surface area contributed by atoms with Crippen LogP contribution in [0.25, 0.3) is 0 Å². The van der Waals surface area contributed by atoms with E-state index >= 15 is 0 Å². The number of nitrogens with one attached hydrogen (secondary N) is 1. The molecule has 0 saturated carbocycles. The first-order valence-corrected chi connectivity index (χ1v) is 6.73. The van der Waals surface area contributed by atoms with Crippen LogP contribution in [0.3, 0.4) is 0 Å². The van der Waals surface area contributed by atoms with Gasteiger partial charge < -0.3 is 10.2 Å². The Labute approximate surface area is 114 Å². The Hall–Kier alpha value is -1.87. The number of anilines is 2. The Morgan fingerprint density at radius 1 is 1.32 bits per heavy atom. The van der Waals surface area contributed by atoms with Crippen molar-refractivity contribution < 1.29 is 0 Å². The molecule has 0 atom stereocenters. The minimum absolute atomic E-state index is 0.515. The molecular formula is C13H20N6. The molecule has 19 heavy (non-hydrogen) atoms. The van der Waals surface area contributed by atoms with E-state index in [1.807, 2.05) is 6.07 Å². The number of aromatic nitrogens is 2. The van der Waals surface area contributed by atoms with Crippen LogP contribution in [0.1, 0.15) is 13.3 Å². The Bertz CT molecular complexity index is 433. The molecule has 2 heterocycles. The summed E-state index contributed by atoms with van der Waals surface area (Å²) in [6.45, 7) is 7.21. The van der Waals surface area contributed by atoms with Crippen LogP contribution in [0.4, 0.5) is 11.6 Å². The Balaban J connectivity index is 1.93. The van der Waals surface area contributed by atoms with Gasteiger partial charge in [-0.3, -0.25) is 4.90 Å². The maximum atomic E-state index is 8.69. The van der Waals surface area contributed by atoms with E-state index in [1.165, 1.54) is 0 Å². The van der Waals surface area contributed by atoms with Gasteiger partial charge in [-0.1, -0.05) is 6.92 Å². The Kier molecular flexibility index (Phi) is 4.93. The van der Waals surface area contributed by atoms with Crippen LogP contribution in [0.15, 0.2) is 12.4 Å². The number of nitrogens with zero attached hydrogens (tertiary/aromatic N) is 5. The predicted molar refractivity (Wildman–Crippen MR) is 75.1 cm³/mol. The Morgan fingerprint density at radius 2 is 2.11 bits per heavy atom. The highest BCUT2D eigenvalue weighted by molar-refractivity contribution is 5.48. The second-order valence-electron chi connectivity index (χ2n) is 4.61. The van der Waals surface area contributed by atoms with E-state index in [1.54, 1.807) is 6.33 Å². The quantitative estimate of drug-likeness (QED) is 0.795. The normalized spacial score (nSPS) is 16.1. The van der Waals surface area contributed by atoms with Crippen molar-refractivity contribution in [3.8, 4) is 6.07 Å². The van der Waals surface area contributed by atoms with E-state index in [0.29, 0.717) is 6.54 Å². The van der Waals surface area contributed by atoms with Gasteiger partial charge in [-0.05, 0) is 6.42 Å². The van der Waals surface area contributed by atoms with Crippen LogP contribution in [0, 0.1) is 11.3 Å². The molecule has 6 heteroatoms. The van der Waals surface area contributed by atoms with E-state index in [9.17, 15) is 0 Å². The average Bonchev–Trinajstić information content (AvgIpc) is 2.46. The summed E-state index contributed by atoms with van der Waals surface area (Å²) in [6, 6.07) is 4.19. The third-order valence-corrected chi connectivity index (χ3v) is 3.20. The third kappa shape index (κ3) is 3.80. The lowest BCUT2D eigenvalue weighted by molar-refractivity contribution is 0.286. The summed E-state index contributed by atoms with van der Waals surface area (Å²) in [5, 5.41) is 12.0. The fraction of sp³-hybridized carbons (Fsp3) is 0.615. The molecule has 0 spiro atoms. The molecule has 1 aliphatic rings. The highest BCUT2D eigenvalue weighted by Gasteiger charge is 2.17. The second kappa shape index (κ2) is 6.90. The van der Waals surface area contributed by atoms with Gasteiger partial charge >= 0.3 is 0 Å². The summed E-state index contributed by atoms with van der Waals surface area (Å²) < 4.78 is 0. The molecule has 0 aromatic carbocycles. The number of piperazine rings is 1. The molecule has 1 aromatic heterocycles. The van der Waals surface area contributed by atoms with Crippen molar-refractivity contribution in [2.75, 3.05) is 49.5 Å². The van der Waals surface area contributed by atoms with Crippen molar-refractivity contribution >= 4 is 11.6 Å². The van der Waals surface area contributed by atoms with E-state index in [4.69, 9.17) is 5.26 Å². The number of hydrogen-bond donors (Lipinski definition) is 1. The van der Waals surface area contributed by atoms with Gasteiger partial charge in [0.1, 0.15) is 18.0 Å². The van der Waals surface area contributed by atoms with Gasteiger partial charge in [-0.15, -0.1) is 0 Å². The van der Waals surface area contributed by atoms with E-state index in [0.717, 1.165) is 50.8 Å². The number of rotatable bonds is 5. The lowest BCUT2D eigenvalue weighted by Gasteiger charge is -2.34. The van der Waals surface area contributed by atoms with Gasteiger partial charge in [-0.2, -0.15) is 5.26 Å². The highest BCUT2D eigenvalue weighted by atomic mass is 15.3. The van der Waals surface area contributed by atoms with Crippen molar-refractivity contribution in [1.29, 1.82) is 5.26 Å². The van der Waals surface area contributed by atoms with Crippen LogP contribution in [0.5, 0.6) is 0 Å². The van der Waals surface area contributed by atoms with Crippen molar-refractivity contribution in [2.24, 2.45) is 0 Å². The van der Waals surface area contributed by atoms with Crippen LogP contribution < -0.4 is 10.2 Å². The van der Waals surface area contributed by atoms with Gasteiger partial charge in [0, 0.05) is 38.8 Å².